The van der Waals surface area contributed by atoms with E-state index in [0.717, 1.165) is 5.56 Å². The van der Waals surface area contributed by atoms with Crippen LogP contribution in [-0.2, 0) is 14.8 Å². The molecule has 8 nitrogen and oxygen atoms in total. The van der Waals surface area contributed by atoms with E-state index in [1.807, 2.05) is 0 Å². The van der Waals surface area contributed by atoms with Gasteiger partial charge >= 0.3 is 0 Å². The Kier molecular flexibility index (Phi) is 4.79. The number of sulfonamides is 1. The molecule has 0 fully saturated rings. The molecule has 1 atom stereocenters. The number of nitrogens with zero attached hydrogens (tertiary/aromatic N) is 2. The van der Waals surface area contributed by atoms with Crippen molar-refractivity contribution in [3.05, 3.63) is 94.9 Å². The van der Waals surface area contributed by atoms with Gasteiger partial charge in [0.25, 0.3) is 21.8 Å². The van der Waals surface area contributed by atoms with Gasteiger partial charge in [0.15, 0.2) is 0 Å². The summed E-state index contributed by atoms with van der Waals surface area (Å²) in [6.07, 6.45) is 3.27. The molecule has 10 heteroatoms. The first kappa shape index (κ1) is 20.3. The molecule has 1 N–H and O–H groups in total. The van der Waals surface area contributed by atoms with Crippen molar-refractivity contribution in [1.29, 1.82) is 0 Å². The third-order valence-corrected chi connectivity index (χ3v) is 7.33. The van der Waals surface area contributed by atoms with Crippen molar-refractivity contribution >= 4 is 39.1 Å². The number of fused-ring (bicyclic) bond motifs is 1. The average molecular weight is 470 g/mol. The normalized spacial score (nSPS) is 19.0. The van der Waals surface area contributed by atoms with E-state index in [1.165, 1.54) is 29.5 Å². The molecule has 0 radical (unpaired) electrons. The highest BCUT2D eigenvalue weighted by atomic mass is 35.5. The van der Waals surface area contributed by atoms with Crippen LogP contribution in [0.3, 0.4) is 0 Å². The Balaban J connectivity index is 1.44. The molecule has 2 amide bonds. The highest BCUT2D eigenvalue weighted by molar-refractivity contribution is 7.90. The summed E-state index contributed by atoms with van der Waals surface area (Å²) in [6.45, 7) is -0.651. The van der Waals surface area contributed by atoms with E-state index in [2.05, 4.69) is 5.43 Å². The summed E-state index contributed by atoms with van der Waals surface area (Å²) in [6, 6.07) is 15.7. The van der Waals surface area contributed by atoms with Gasteiger partial charge in [-0.05, 0) is 48.0 Å². The fraction of sp³-hybridized carbons (Fsp3) is 0.0909. The molecule has 3 heterocycles. The van der Waals surface area contributed by atoms with E-state index in [9.17, 15) is 18.0 Å². The second-order valence-corrected chi connectivity index (χ2v) is 9.50. The number of carbonyl (C=O) groups excluding carboxylic acids is 2. The van der Waals surface area contributed by atoms with Crippen molar-refractivity contribution in [2.75, 3.05) is 6.54 Å². The van der Waals surface area contributed by atoms with Gasteiger partial charge in [-0.3, -0.25) is 15.0 Å². The van der Waals surface area contributed by atoms with Crippen LogP contribution in [0, 0.1) is 0 Å². The number of furan rings is 1. The maximum Gasteiger partial charge on any atom is 0.269 e. The van der Waals surface area contributed by atoms with E-state index < -0.39 is 34.4 Å². The minimum atomic E-state index is -4.11. The molecule has 0 saturated heterocycles. The number of carbonyl (C=O) groups is 2. The predicted octanol–water partition coefficient (Wildman–Crippen LogP) is 3.21. The van der Waals surface area contributed by atoms with Crippen LogP contribution >= 0.6 is 11.6 Å². The number of amides is 2. The van der Waals surface area contributed by atoms with Crippen molar-refractivity contribution in [3.63, 3.8) is 0 Å². The van der Waals surface area contributed by atoms with Crippen molar-refractivity contribution in [2.24, 2.45) is 0 Å². The number of halogens is 1. The highest BCUT2D eigenvalue weighted by Crippen LogP contribution is 2.34. The first-order valence-corrected chi connectivity index (χ1v) is 11.4. The molecule has 2 aromatic carbocycles. The third kappa shape index (κ3) is 3.26. The van der Waals surface area contributed by atoms with Gasteiger partial charge in [0.05, 0.1) is 17.5 Å². The Morgan fingerprint density at radius 3 is 2.50 bits per heavy atom. The second-order valence-electron chi connectivity index (χ2n) is 7.24. The zero-order valence-corrected chi connectivity index (χ0v) is 18.0. The van der Waals surface area contributed by atoms with Crippen LogP contribution in [0.5, 0.6) is 0 Å². The number of hydrazine groups is 1. The Hall–Kier alpha value is -3.56. The van der Waals surface area contributed by atoms with Gasteiger partial charge < -0.3 is 4.42 Å². The van der Waals surface area contributed by atoms with Gasteiger partial charge in [-0.1, -0.05) is 35.9 Å². The molecular weight excluding hydrogens is 454 g/mol. The minimum Gasteiger partial charge on any atom is -0.467 e. The molecule has 0 spiro atoms. The summed E-state index contributed by atoms with van der Waals surface area (Å²) in [4.78, 5) is 25.8. The summed E-state index contributed by atoms with van der Waals surface area (Å²) in [5.74, 6) is -0.862. The largest absolute Gasteiger partial charge is 0.467 e. The molecule has 5 rings (SSSR count). The quantitative estimate of drug-likeness (QED) is 0.629. The minimum absolute atomic E-state index is 0.0530. The summed E-state index contributed by atoms with van der Waals surface area (Å²) in [5, 5.41) is 1.83. The van der Waals surface area contributed by atoms with Gasteiger partial charge in [-0.15, -0.1) is 0 Å². The van der Waals surface area contributed by atoms with Gasteiger partial charge in [-0.2, -0.15) is 0 Å². The molecule has 32 heavy (non-hydrogen) atoms. The predicted molar refractivity (Wildman–Crippen MR) is 116 cm³/mol. The van der Waals surface area contributed by atoms with Gasteiger partial charge in [-0.25, -0.2) is 17.7 Å². The fourth-order valence-corrected chi connectivity index (χ4v) is 5.38. The molecule has 2 aliphatic heterocycles. The van der Waals surface area contributed by atoms with Crippen molar-refractivity contribution in [1.82, 2.24) is 14.7 Å². The molecule has 0 saturated carbocycles. The third-order valence-electron chi connectivity index (χ3n) is 5.29. The second kappa shape index (κ2) is 7.54. The summed E-state index contributed by atoms with van der Waals surface area (Å²) in [7, 11) is -4.11. The Morgan fingerprint density at radius 1 is 1.06 bits per heavy atom. The zero-order chi connectivity index (χ0) is 22.5. The highest BCUT2D eigenvalue weighted by Gasteiger charge is 2.43. The van der Waals surface area contributed by atoms with Crippen LogP contribution in [0.15, 0.2) is 82.3 Å². The fourth-order valence-electron chi connectivity index (χ4n) is 3.73. The maximum absolute atomic E-state index is 13.2. The molecule has 3 aromatic rings. The lowest BCUT2D eigenvalue weighted by Gasteiger charge is -2.26. The van der Waals surface area contributed by atoms with Crippen LogP contribution < -0.4 is 5.43 Å². The smallest absolute Gasteiger partial charge is 0.269 e. The van der Waals surface area contributed by atoms with Crippen LogP contribution in [0.25, 0.3) is 5.70 Å². The number of hydrogen-bond acceptors (Lipinski definition) is 6. The van der Waals surface area contributed by atoms with E-state index in [4.69, 9.17) is 16.0 Å². The summed E-state index contributed by atoms with van der Waals surface area (Å²) in [5.41, 5.74) is 4.46. The molecule has 0 unspecified atom stereocenters. The molecule has 2 aliphatic rings. The topological polar surface area (TPSA) is 99.9 Å². The number of hydrogen-bond donors (Lipinski definition) is 1. The Bertz CT molecular complexity index is 1350. The van der Waals surface area contributed by atoms with E-state index in [-0.39, 0.29) is 10.5 Å². The van der Waals surface area contributed by atoms with Gasteiger partial charge in [0.1, 0.15) is 23.2 Å². The van der Waals surface area contributed by atoms with Crippen LogP contribution in [0.4, 0.5) is 0 Å². The summed E-state index contributed by atoms with van der Waals surface area (Å²) < 4.78 is 31.8. The first-order chi connectivity index (χ1) is 15.4. The van der Waals surface area contributed by atoms with Gasteiger partial charge in [0, 0.05) is 5.02 Å². The van der Waals surface area contributed by atoms with Crippen LogP contribution in [-0.4, -0.2) is 36.1 Å². The average Bonchev–Trinajstić information content (AvgIpc) is 3.50. The summed E-state index contributed by atoms with van der Waals surface area (Å²) >= 11 is 5.97. The molecule has 0 bridgehead atoms. The van der Waals surface area contributed by atoms with Crippen molar-refractivity contribution in [3.8, 4) is 0 Å². The first-order valence-electron chi connectivity index (χ1n) is 9.62. The zero-order valence-electron chi connectivity index (χ0n) is 16.4. The lowest BCUT2D eigenvalue weighted by atomic mass is 10.1. The molecule has 1 aromatic heterocycles. The standard InChI is InChI=1S/C22H16ClN3O5S/c23-15-9-7-14(8-10-15)17-12-18(19-5-3-11-31-19)26(24-17)21(27)13-25-22(28)16-4-1-2-6-20(16)32(25,29)30/h1-12,18,24H,13H2/t18-/m0/s1. The van der Waals surface area contributed by atoms with Crippen molar-refractivity contribution in [2.45, 2.75) is 10.9 Å². The molecule has 162 valence electrons. The Labute approximate surface area is 188 Å². The Morgan fingerprint density at radius 2 is 1.81 bits per heavy atom. The maximum atomic E-state index is 13.2. The van der Waals surface area contributed by atoms with E-state index in [0.29, 0.717) is 20.8 Å². The molecule has 0 aliphatic carbocycles. The van der Waals surface area contributed by atoms with Gasteiger partial charge in [0.2, 0.25) is 0 Å². The number of benzene rings is 2. The number of rotatable bonds is 4. The van der Waals surface area contributed by atoms with E-state index >= 15 is 0 Å². The lowest BCUT2D eigenvalue weighted by molar-refractivity contribution is -0.134. The van der Waals surface area contributed by atoms with Crippen LogP contribution in [0.1, 0.15) is 27.7 Å². The number of nitrogens with one attached hydrogen (secondary N) is 1. The lowest BCUT2D eigenvalue weighted by Crippen LogP contribution is -2.46. The SMILES string of the molecule is O=C(CN1C(=O)c2ccccc2S1(=O)=O)N1NC(c2ccc(Cl)cc2)=C[C@H]1c1ccco1. The monoisotopic (exact) mass is 469 g/mol. The van der Waals surface area contributed by atoms with E-state index in [1.54, 1.807) is 48.5 Å². The van der Waals surface area contributed by atoms with Crippen molar-refractivity contribution < 1.29 is 22.4 Å². The van der Waals surface area contributed by atoms with Crippen LogP contribution in [0.2, 0.25) is 5.02 Å². The molecular formula is C22H16ClN3O5S.